The van der Waals surface area contributed by atoms with Crippen molar-refractivity contribution in [2.24, 2.45) is 5.73 Å². The van der Waals surface area contributed by atoms with E-state index in [9.17, 15) is 13.2 Å². The first-order chi connectivity index (χ1) is 5.92. The summed E-state index contributed by atoms with van der Waals surface area (Å²) in [6, 6.07) is 0.147. The maximum atomic E-state index is 12.0. The van der Waals surface area contributed by atoms with E-state index in [1.54, 1.807) is 6.92 Å². The number of hydrogen-bond donors (Lipinski definition) is 1. The molecule has 0 atom stereocenters. The van der Waals surface area contributed by atoms with Crippen LogP contribution in [-0.4, -0.2) is 36.2 Å². The van der Waals surface area contributed by atoms with Crippen molar-refractivity contribution < 1.29 is 13.2 Å². The number of halogens is 3. The van der Waals surface area contributed by atoms with Crippen LogP contribution < -0.4 is 5.73 Å². The lowest BCUT2D eigenvalue weighted by atomic mass is 9.86. The lowest BCUT2D eigenvalue weighted by Gasteiger charge is -2.41. The third-order valence-corrected chi connectivity index (χ3v) is 2.45. The van der Waals surface area contributed by atoms with Crippen molar-refractivity contribution in [1.29, 1.82) is 0 Å². The number of hydrogen-bond acceptors (Lipinski definition) is 2. The standard InChI is InChI=1S/C8H15F3N2/c1-2-13(5-8(9,10)11)7-3-6(12)4-7/h6-7H,2-5,12H2,1H3. The number of alkyl halides is 3. The largest absolute Gasteiger partial charge is 0.401 e. The van der Waals surface area contributed by atoms with Gasteiger partial charge in [-0.3, -0.25) is 4.90 Å². The van der Waals surface area contributed by atoms with Crippen LogP contribution in [0.4, 0.5) is 13.2 Å². The molecule has 1 saturated carbocycles. The highest BCUT2D eigenvalue weighted by atomic mass is 19.4. The SMILES string of the molecule is CCN(CC(F)(F)F)C1CC(N)C1. The van der Waals surface area contributed by atoms with Gasteiger partial charge in [0.1, 0.15) is 0 Å². The fourth-order valence-electron chi connectivity index (χ4n) is 1.66. The second-order valence-electron chi connectivity index (χ2n) is 3.56. The van der Waals surface area contributed by atoms with Crippen LogP contribution in [0, 0.1) is 0 Å². The third-order valence-electron chi connectivity index (χ3n) is 2.45. The number of nitrogens with two attached hydrogens (primary N) is 1. The second-order valence-corrected chi connectivity index (χ2v) is 3.56. The van der Waals surface area contributed by atoms with E-state index in [0.29, 0.717) is 19.4 Å². The molecule has 5 heteroatoms. The van der Waals surface area contributed by atoms with Crippen LogP contribution in [0.25, 0.3) is 0 Å². The maximum Gasteiger partial charge on any atom is 0.401 e. The molecule has 0 unspecified atom stereocenters. The summed E-state index contributed by atoms with van der Waals surface area (Å²) in [5.74, 6) is 0. The Hall–Kier alpha value is -0.290. The van der Waals surface area contributed by atoms with Gasteiger partial charge in [0.25, 0.3) is 0 Å². The van der Waals surface area contributed by atoms with Gasteiger partial charge < -0.3 is 5.73 Å². The van der Waals surface area contributed by atoms with E-state index < -0.39 is 12.7 Å². The number of nitrogens with zero attached hydrogens (tertiary/aromatic N) is 1. The monoisotopic (exact) mass is 196 g/mol. The highest BCUT2D eigenvalue weighted by Crippen LogP contribution is 2.27. The molecule has 2 N–H and O–H groups in total. The van der Waals surface area contributed by atoms with Gasteiger partial charge >= 0.3 is 6.18 Å². The van der Waals surface area contributed by atoms with E-state index in [1.165, 1.54) is 4.90 Å². The van der Waals surface area contributed by atoms with E-state index in [0.717, 1.165) is 0 Å². The van der Waals surface area contributed by atoms with Gasteiger partial charge in [-0.25, -0.2) is 0 Å². The molecule has 13 heavy (non-hydrogen) atoms. The van der Waals surface area contributed by atoms with Crippen molar-refractivity contribution in [3.8, 4) is 0 Å². The maximum absolute atomic E-state index is 12.0. The summed E-state index contributed by atoms with van der Waals surface area (Å²) in [7, 11) is 0. The Morgan fingerprint density at radius 2 is 1.92 bits per heavy atom. The predicted octanol–water partition coefficient (Wildman–Crippen LogP) is 1.36. The van der Waals surface area contributed by atoms with E-state index in [4.69, 9.17) is 5.73 Å². The van der Waals surface area contributed by atoms with Crippen LogP contribution in [-0.2, 0) is 0 Å². The summed E-state index contributed by atoms with van der Waals surface area (Å²) in [6.07, 6.45) is -2.69. The molecular formula is C8H15F3N2. The summed E-state index contributed by atoms with van der Waals surface area (Å²) in [5.41, 5.74) is 5.52. The molecule has 0 aliphatic heterocycles. The molecule has 1 rings (SSSR count). The third kappa shape index (κ3) is 3.15. The van der Waals surface area contributed by atoms with Crippen molar-refractivity contribution in [3.63, 3.8) is 0 Å². The fourth-order valence-corrected chi connectivity index (χ4v) is 1.66. The Morgan fingerprint density at radius 1 is 1.38 bits per heavy atom. The Bertz CT molecular complexity index is 163. The summed E-state index contributed by atoms with van der Waals surface area (Å²) < 4.78 is 36.1. The number of rotatable bonds is 3. The van der Waals surface area contributed by atoms with Crippen molar-refractivity contribution >= 4 is 0 Å². The first kappa shape index (κ1) is 10.8. The smallest absolute Gasteiger partial charge is 0.328 e. The van der Waals surface area contributed by atoms with E-state index >= 15 is 0 Å². The molecule has 1 aliphatic carbocycles. The van der Waals surface area contributed by atoms with Crippen LogP contribution in [0.3, 0.4) is 0 Å². The molecule has 1 fully saturated rings. The topological polar surface area (TPSA) is 29.3 Å². The normalized spacial score (nSPS) is 29.1. The quantitative estimate of drug-likeness (QED) is 0.738. The van der Waals surface area contributed by atoms with Gasteiger partial charge in [0, 0.05) is 12.1 Å². The van der Waals surface area contributed by atoms with Crippen LogP contribution in [0.2, 0.25) is 0 Å². The first-order valence-electron chi connectivity index (χ1n) is 4.48. The fraction of sp³-hybridized carbons (Fsp3) is 1.00. The summed E-state index contributed by atoms with van der Waals surface area (Å²) in [5, 5.41) is 0. The predicted molar refractivity (Wildman–Crippen MR) is 44.3 cm³/mol. The van der Waals surface area contributed by atoms with Crippen molar-refractivity contribution in [2.75, 3.05) is 13.1 Å². The molecule has 0 heterocycles. The molecule has 0 saturated heterocycles. The van der Waals surface area contributed by atoms with E-state index in [2.05, 4.69) is 0 Å². The average molecular weight is 196 g/mol. The Morgan fingerprint density at radius 3 is 2.23 bits per heavy atom. The zero-order valence-electron chi connectivity index (χ0n) is 7.64. The van der Waals surface area contributed by atoms with Crippen molar-refractivity contribution in [3.05, 3.63) is 0 Å². The molecule has 0 aromatic rings. The second kappa shape index (κ2) is 3.84. The van der Waals surface area contributed by atoms with Gasteiger partial charge in [0.05, 0.1) is 6.54 Å². The molecule has 0 amide bonds. The van der Waals surface area contributed by atoms with Gasteiger partial charge in [-0.2, -0.15) is 13.2 Å². The average Bonchev–Trinajstić information content (AvgIpc) is 1.93. The summed E-state index contributed by atoms with van der Waals surface area (Å²) >= 11 is 0. The molecule has 0 bridgehead atoms. The molecule has 2 nitrogen and oxygen atoms in total. The minimum Gasteiger partial charge on any atom is -0.328 e. The van der Waals surface area contributed by atoms with Crippen LogP contribution in [0.15, 0.2) is 0 Å². The zero-order valence-corrected chi connectivity index (χ0v) is 7.64. The van der Waals surface area contributed by atoms with Crippen molar-refractivity contribution in [2.45, 2.75) is 38.0 Å². The van der Waals surface area contributed by atoms with Gasteiger partial charge in [-0.05, 0) is 19.4 Å². The highest BCUT2D eigenvalue weighted by Gasteiger charge is 2.37. The molecule has 78 valence electrons. The summed E-state index contributed by atoms with van der Waals surface area (Å²) in [6.45, 7) is 1.38. The molecule has 0 aromatic carbocycles. The molecule has 0 radical (unpaired) electrons. The van der Waals surface area contributed by atoms with E-state index in [1.807, 2.05) is 0 Å². The summed E-state index contributed by atoms with van der Waals surface area (Å²) in [4.78, 5) is 1.45. The highest BCUT2D eigenvalue weighted by molar-refractivity contribution is 4.89. The molecular weight excluding hydrogens is 181 g/mol. The van der Waals surface area contributed by atoms with Crippen LogP contribution in [0.1, 0.15) is 19.8 Å². The van der Waals surface area contributed by atoms with Gasteiger partial charge in [-0.15, -0.1) is 0 Å². The van der Waals surface area contributed by atoms with Gasteiger partial charge in [0.15, 0.2) is 0 Å². The van der Waals surface area contributed by atoms with Crippen molar-refractivity contribution in [1.82, 2.24) is 4.90 Å². The zero-order chi connectivity index (χ0) is 10.1. The molecule has 0 aromatic heterocycles. The lowest BCUT2D eigenvalue weighted by molar-refractivity contribution is -0.154. The molecule has 1 aliphatic rings. The van der Waals surface area contributed by atoms with E-state index in [-0.39, 0.29) is 12.1 Å². The first-order valence-corrected chi connectivity index (χ1v) is 4.48. The Kier molecular flexibility index (Phi) is 3.18. The minimum absolute atomic E-state index is 0.0432. The molecule has 0 spiro atoms. The van der Waals surface area contributed by atoms with Gasteiger partial charge in [-0.1, -0.05) is 6.92 Å². The van der Waals surface area contributed by atoms with Crippen LogP contribution >= 0.6 is 0 Å². The Balaban J connectivity index is 2.35. The van der Waals surface area contributed by atoms with Crippen LogP contribution in [0.5, 0.6) is 0 Å². The van der Waals surface area contributed by atoms with Gasteiger partial charge in [0.2, 0.25) is 0 Å². The lowest BCUT2D eigenvalue weighted by Crippen LogP contribution is -2.52. The Labute approximate surface area is 75.9 Å². The minimum atomic E-state index is -4.09.